The van der Waals surface area contributed by atoms with Gasteiger partial charge in [-0.2, -0.15) is 13.2 Å². The molecule has 2 rings (SSSR count). The van der Waals surface area contributed by atoms with Gasteiger partial charge in [0.15, 0.2) is 5.60 Å². The van der Waals surface area contributed by atoms with Crippen molar-refractivity contribution in [3.8, 4) is 0 Å². The fourth-order valence-corrected chi connectivity index (χ4v) is 2.56. The van der Waals surface area contributed by atoms with Crippen LogP contribution >= 0.6 is 0 Å². The van der Waals surface area contributed by atoms with Gasteiger partial charge in [-0.15, -0.1) is 0 Å². The van der Waals surface area contributed by atoms with Crippen molar-refractivity contribution in [1.82, 2.24) is 5.32 Å². The third-order valence-corrected chi connectivity index (χ3v) is 3.87. The van der Waals surface area contributed by atoms with Crippen LogP contribution in [0.4, 0.5) is 18.0 Å². The predicted molar refractivity (Wildman–Crippen MR) is 73.0 cm³/mol. The van der Waals surface area contributed by atoms with Crippen molar-refractivity contribution in [2.45, 2.75) is 37.6 Å². The topological polar surface area (TPSA) is 58.6 Å². The summed E-state index contributed by atoms with van der Waals surface area (Å²) in [5, 5.41) is 12.0. The van der Waals surface area contributed by atoms with Crippen LogP contribution in [0.1, 0.15) is 24.8 Å². The number of alkyl carbamates (subject to hydrolysis) is 1. The third kappa shape index (κ3) is 4.13. The highest BCUT2D eigenvalue weighted by Crippen LogP contribution is 2.45. The molecule has 0 aromatic heterocycles. The fraction of sp³-hybridized carbons (Fsp3) is 0.533. The van der Waals surface area contributed by atoms with E-state index in [9.17, 15) is 23.1 Å². The molecule has 22 heavy (non-hydrogen) atoms. The van der Waals surface area contributed by atoms with Gasteiger partial charge in [-0.1, -0.05) is 30.3 Å². The lowest BCUT2D eigenvalue weighted by Crippen LogP contribution is -2.43. The summed E-state index contributed by atoms with van der Waals surface area (Å²) in [6.07, 6.45) is -5.81. The van der Waals surface area contributed by atoms with E-state index in [0.717, 1.165) is 5.56 Å². The van der Waals surface area contributed by atoms with Crippen LogP contribution in [0.15, 0.2) is 30.3 Å². The Morgan fingerprint density at radius 3 is 2.64 bits per heavy atom. The van der Waals surface area contributed by atoms with Crippen LogP contribution in [-0.4, -0.2) is 29.5 Å². The molecule has 122 valence electrons. The van der Waals surface area contributed by atoms with Crippen molar-refractivity contribution in [1.29, 1.82) is 0 Å². The molecule has 0 aliphatic heterocycles. The molecule has 4 nitrogen and oxygen atoms in total. The van der Waals surface area contributed by atoms with Gasteiger partial charge >= 0.3 is 12.3 Å². The minimum absolute atomic E-state index is 0.0615. The quantitative estimate of drug-likeness (QED) is 0.897. The highest BCUT2D eigenvalue weighted by molar-refractivity contribution is 5.67. The second-order valence-corrected chi connectivity index (χ2v) is 5.58. The number of benzene rings is 1. The van der Waals surface area contributed by atoms with Gasteiger partial charge < -0.3 is 15.2 Å². The number of amides is 1. The molecule has 2 atom stereocenters. The number of carbonyl (C=O) groups is 1. The smallest absolute Gasteiger partial charge is 0.417 e. The second kappa shape index (κ2) is 6.56. The van der Waals surface area contributed by atoms with E-state index in [1.165, 1.54) is 0 Å². The molecular formula is C15H18F3NO3. The van der Waals surface area contributed by atoms with Crippen molar-refractivity contribution >= 4 is 6.09 Å². The Kier molecular flexibility index (Phi) is 4.95. The summed E-state index contributed by atoms with van der Waals surface area (Å²) >= 11 is 0. The van der Waals surface area contributed by atoms with Gasteiger partial charge in [0.1, 0.15) is 6.61 Å². The number of carbonyl (C=O) groups excluding carboxylic acids is 1. The van der Waals surface area contributed by atoms with E-state index in [-0.39, 0.29) is 26.0 Å². The molecule has 1 fully saturated rings. The number of hydrogen-bond acceptors (Lipinski definition) is 3. The zero-order valence-corrected chi connectivity index (χ0v) is 11.9. The third-order valence-electron chi connectivity index (χ3n) is 3.87. The average molecular weight is 317 g/mol. The summed E-state index contributed by atoms with van der Waals surface area (Å²) in [6, 6.07) is 9.06. The monoisotopic (exact) mass is 317 g/mol. The Bertz CT molecular complexity index is 507. The zero-order valence-electron chi connectivity index (χ0n) is 11.9. The normalized spacial score (nSPS) is 25.0. The van der Waals surface area contributed by atoms with E-state index >= 15 is 0 Å². The highest BCUT2D eigenvalue weighted by Gasteiger charge is 2.57. The maximum atomic E-state index is 12.7. The molecular weight excluding hydrogens is 299 g/mol. The van der Waals surface area contributed by atoms with Crippen LogP contribution in [0, 0.1) is 5.92 Å². The number of aliphatic hydroxyl groups is 1. The molecule has 0 spiro atoms. The van der Waals surface area contributed by atoms with Crippen molar-refractivity contribution in [3.05, 3.63) is 35.9 Å². The van der Waals surface area contributed by atoms with E-state index < -0.39 is 30.2 Å². The molecule has 0 heterocycles. The predicted octanol–water partition coefficient (Wildman–Crippen LogP) is 3.01. The molecule has 7 heteroatoms. The SMILES string of the molecule is O=C(NCC1CCC(O)(C(F)(F)F)C1)OCc1ccccc1. The first kappa shape index (κ1) is 16.6. The molecule has 0 radical (unpaired) electrons. The van der Waals surface area contributed by atoms with Gasteiger partial charge in [-0.25, -0.2) is 4.79 Å². The summed E-state index contributed by atoms with van der Waals surface area (Å²) in [6.45, 7) is 0.163. The van der Waals surface area contributed by atoms with Crippen LogP contribution < -0.4 is 5.32 Å². The Labute approximate surface area is 126 Å². The van der Waals surface area contributed by atoms with Gasteiger partial charge in [0, 0.05) is 6.54 Å². The van der Waals surface area contributed by atoms with Gasteiger partial charge in [-0.05, 0) is 30.7 Å². The molecule has 0 bridgehead atoms. The van der Waals surface area contributed by atoms with Crippen molar-refractivity contribution in [3.63, 3.8) is 0 Å². The first-order chi connectivity index (χ1) is 10.3. The summed E-state index contributed by atoms with van der Waals surface area (Å²) in [5.74, 6) is -0.407. The molecule has 1 aromatic carbocycles. The minimum atomic E-state index is -4.63. The van der Waals surface area contributed by atoms with Crippen LogP contribution in [0.2, 0.25) is 0 Å². The maximum absolute atomic E-state index is 12.7. The Morgan fingerprint density at radius 1 is 1.36 bits per heavy atom. The lowest BCUT2D eigenvalue weighted by atomic mass is 10.00. The van der Waals surface area contributed by atoms with E-state index in [2.05, 4.69) is 5.32 Å². The van der Waals surface area contributed by atoms with Gasteiger partial charge in [-0.3, -0.25) is 0 Å². The van der Waals surface area contributed by atoms with Gasteiger partial charge in [0.25, 0.3) is 0 Å². The maximum Gasteiger partial charge on any atom is 0.417 e. The molecule has 0 saturated heterocycles. The molecule has 1 amide bonds. The average Bonchev–Trinajstić information content (AvgIpc) is 2.87. The number of hydrogen-bond donors (Lipinski definition) is 2. The lowest BCUT2D eigenvalue weighted by Gasteiger charge is -2.25. The minimum Gasteiger partial charge on any atom is -0.445 e. The van der Waals surface area contributed by atoms with Gasteiger partial charge in [0.05, 0.1) is 0 Å². The molecule has 1 aliphatic carbocycles. The number of alkyl halides is 3. The van der Waals surface area contributed by atoms with E-state index in [4.69, 9.17) is 4.74 Å². The summed E-state index contributed by atoms with van der Waals surface area (Å²) in [7, 11) is 0. The first-order valence-corrected chi connectivity index (χ1v) is 7.04. The fourth-order valence-electron chi connectivity index (χ4n) is 2.56. The summed E-state index contributed by atoms with van der Waals surface area (Å²) in [4.78, 5) is 11.5. The van der Waals surface area contributed by atoms with Crippen molar-refractivity contribution < 1.29 is 27.8 Å². The Morgan fingerprint density at radius 2 is 2.05 bits per heavy atom. The van der Waals surface area contributed by atoms with Crippen LogP contribution in [0.25, 0.3) is 0 Å². The molecule has 1 aromatic rings. The molecule has 2 unspecified atom stereocenters. The van der Waals surface area contributed by atoms with E-state index in [1.807, 2.05) is 18.2 Å². The Balaban J connectivity index is 1.71. The number of nitrogens with one attached hydrogen (secondary N) is 1. The van der Waals surface area contributed by atoms with Gasteiger partial charge in [0.2, 0.25) is 0 Å². The van der Waals surface area contributed by atoms with Crippen LogP contribution in [0.5, 0.6) is 0 Å². The lowest BCUT2D eigenvalue weighted by molar-refractivity contribution is -0.258. The molecule has 1 aliphatic rings. The second-order valence-electron chi connectivity index (χ2n) is 5.58. The standard InChI is InChI=1S/C15H18F3NO3/c16-15(17,18)14(21)7-6-12(8-14)9-19-13(20)22-10-11-4-2-1-3-5-11/h1-5,12,21H,6-10H2,(H,19,20). The molecule has 1 saturated carbocycles. The summed E-state index contributed by atoms with van der Waals surface area (Å²) in [5.41, 5.74) is -1.81. The number of rotatable bonds is 4. The number of halogens is 3. The largest absolute Gasteiger partial charge is 0.445 e. The highest BCUT2D eigenvalue weighted by atomic mass is 19.4. The Hall–Kier alpha value is -1.76. The van der Waals surface area contributed by atoms with Crippen LogP contribution in [0.3, 0.4) is 0 Å². The van der Waals surface area contributed by atoms with E-state index in [1.54, 1.807) is 12.1 Å². The van der Waals surface area contributed by atoms with Crippen molar-refractivity contribution in [2.24, 2.45) is 5.92 Å². The first-order valence-electron chi connectivity index (χ1n) is 7.04. The molecule has 2 N–H and O–H groups in total. The zero-order chi connectivity index (χ0) is 16.2. The summed E-state index contributed by atoms with van der Waals surface area (Å²) < 4.78 is 43.0. The van der Waals surface area contributed by atoms with Crippen LogP contribution in [-0.2, 0) is 11.3 Å². The number of ether oxygens (including phenoxy) is 1. The van der Waals surface area contributed by atoms with E-state index in [0.29, 0.717) is 0 Å². The van der Waals surface area contributed by atoms with Crippen molar-refractivity contribution in [2.75, 3.05) is 6.54 Å².